The van der Waals surface area contributed by atoms with Crippen molar-refractivity contribution >= 4 is 17.0 Å². The molecule has 0 fully saturated rings. The first kappa shape index (κ1) is 14.4. The van der Waals surface area contributed by atoms with Crippen LogP contribution in [0.3, 0.4) is 0 Å². The SMILES string of the molecule is CCOC(=O)c1cc(C)n(-c2ccc(S(=O)O)cn2)n1. The summed E-state index contributed by atoms with van der Waals surface area (Å²) in [5.41, 5.74) is 0.902. The molecule has 0 radical (unpaired) electrons. The Hall–Kier alpha value is -2.06. The van der Waals surface area contributed by atoms with Gasteiger partial charge in [-0.25, -0.2) is 18.7 Å². The molecule has 2 heterocycles. The third-order valence-electron chi connectivity index (χ3n) is 2.51. The number of ether oxygens (including phenoxy) is 1. The lowest BCUT2D eigenvalue weighted by Crippen LogP contribution is -2.07. The third-order valence-corrected chi connectivity index (χ3v) is 3.16. The molecule has 2 aromatic heterocycles. The predicted octanol–water partition coefficient (Wildman–Crippen LogP) is 1.33. The van der Waals surface area contributed by atoms with Crippen molar-refractivity contribution in [3.8, 4) is 5.82 Å². The van der Waals surface area contributed by atoms with E-state index in [0.29, 0.717) is 11.5 Å². The molecule has 0 bridgehead atoms. The van der Waals surface area contributed by atoms with Gasteiger partial charge in [-0.1, -0.05) is 0 Å². The molecule has 1 unspecified atom stereocenters. The van der Waals surface area contributed by atoms with Gasteiger partial charge in [0.05, 0.1) is 11.5 Å². The first-order chi connectivity index (χ1) is 9.52. The molecule has 0 saturated heterocycles. The van der Waals surface area contributed by atoms with Crippen molar-refractivity contribution < 1.29 is 18.3 Å². The second-order valence-corrected chi connectivity index (χ2v) is 4.87. The topological polar surface area (TPSA) is 94.3 Å². The monoisotopic (exact) mass is 295 g/mol. The number of hydrogen-bond donors (Lipinski definition) is 1. The van der Waals surface area contributed by atoms with Crippen LogP contribution in [0.25, 0.3) is 5.82 Å². The lowest BCUT2D eigenvalue weighted by molar-refractivity contribution is 0.0519. The maximum atomic E-state index is 11.6. The van der Waals surface area contributed by atoms with Gasteiger partial charge < -0.3 is 9.29 Å². The minimum Gasteiger partial charge on any atom is -0.461 e. The normalized spacial score (nSPS) is 12.2. The van der Waals surface area contributed by atoms with Gasteiger partial charge in [0.15, 0.2) is 22.6 Å². The smallest absolute Gasteiger partial charge is 0.358 e. The van der Waals surface area contributed by atoms with Crippen molar-refractivity contribution in [3.63, 3.8) is 0 Å². The van der Waals surface area contributed by atoms with E-state index in [0.717, 1.165) is 0 Å². The van der Waals surface area contributed by atoms with E-state index in [1.54, 1.807) is 26.0 Å². The molecular formula is C12H13N3O4S. The first-order valence-electron chi connectivity index (χ1n) is 5.84. The molecule has 0 aliphatic heterocycles. The van der Waals surface area contributed by atoms with E-state index in [-0.39, 0.29) is 17.2 Å². The van der Waals surface area contributed by atoms with Gasteiger partial charge in [-0.2, -0.15) is 5.10 Å². The van der Waals surface area contributed by atoms with Crippen molar-refractivity contribution in [2.75, 3.05) is 6.61 Å². The highest BCUT2D eigenvalue weighted by Crippen LogP contribution is 2.12. The van der Waals surface area contributed by atoms with Gasteiger partial charge >= 0.3 is 5.97 Å². The molecule has 106 valence electrons. The molecular weight excluding hydrogens is 282 g/mol. The standard InChI is InChI=1S/C12H13N3O4S/c1-3-19-12(16)10-6-8(2)15(14-10)11-5-4-9(7-13-11)20(17)18/h4-7H,3H2,1-2H3,(H,17,18). The molecule has 0 aromatic carbocycles. The van der Waals surface area contributed by atoms with Crippen LogP contribution in [0.15, 0.2) is 29.3 Å². The number of carbonyl (C=O) groups excluding carboxylic acids is 1. The summed E-state index contributed by atoms with van der Waals surface area (Å²) < 4.78 is 26.1. The highest BCUT2D eigenvalue weighted by molar-refractivity contribution is 7.79. The fraction of sp³-hybridized carbons (Fsp3) is 0.250. The molecule has 0 spiro atoms. The number of esters is 1. The number of aryl methyl sites for hydroxylation is 1. The quantitative estimate of drug-likeness (QED) is 0.675. The van der Waals surface area contributed by atoms with Gasteiger partial charge in [0.2, 0.25) is 0 Å². The second-order valence-electron chi connectivity index (χ2n) is 3.90. The van der Waals surface area contributed by atoms with Crippen LogP contribution in [-0.4, -0.2) is 36.1 Å². The molecule has 1 atom stereocenters. The van der Waals surface area contributed by atoms with Gasteiger partial charge in [-0.3, -0.25) is 0 Å². The van der Waals surface area contributed by atoms with E-state index in [2.05, 4.69) is 10.1 Å². The largest absolute Gasteiger partial charge is 0.461 e. The number of pyridine rings is 1. The Kier molecular flexibility index (Phi) is 4.26. The Morgan fingerprint density at radius 2 is 2.25 bits per heavy atom. The summed E-state index contributed by atoms with van der Waals surface area (Å²) in [7, 11) is 0. The lowest BCUT2D eigenvalue weighted by Gasteiger charge is -2.03. The number of rotatable bonds is 4. The van der Waals surface area contributed by atoms with E-state index < -0.39 is 17.0 Å². The summed E-state index contributed by atoms with van der Waals surface area (Å²) in [6.45, 7) is 3.77. The zero-order chi connectivity index (χ0) is 14.7. The molecule has 0 aliphatic carbocycles. The van der Waals surface area contributed by atoms with Gasteiger partial charge in [-0.15, -0.1) is 0 Å². The summed E-state index contributed by atoms with van der Waals surface area (Å²) in [5, 5.41) is 4.11. The number of carbonyl (C=O) groups is 1. The van der Waals surface area contributed by atoms with Gasteiger partial charge in [-0.05, 0) is 32.0 Å². The van der Waals surface area contributed by atoms with Crippen LogP contribution in [0.4, 0.5) is 0 Å². The van der Waals surface area contributed by atoms with Crippen LogP contribution >= 0.6 is 0 Å². The third kappa shape index (κ3) is 2.91. The van der Waals surface area contributed by atoms with Gasteiger partial charge in [0.25, 0.3) is 0 Å². The highest BCUT2D eigenvalue weighted by atomic mass is 32.2. The number of aromatic nitrogens is 3. The highest BCUT2D eigenvalue weighted by Gasteiger charge is 2.14. The maximum Gasteiger partial charge on any atom is 0.358 e. The van der Waals surface area contributed by atoms with Crippen molar-refractivity contribution in [2.45, 2.75) is 18.7 Å². The molecule has 2 rings (SSSR count). The minimum atomic E-state index is -2.07. The molecule has 0 aliphatic rings. The average molecular weight is 295 g/mol. The summed E-state index contributed by atoms with van der Waals surface area (Å²) in [5.74, 6) is -0.0466. The Bertz CT molecular complexity index is 651. The van der Waals surface area contributed by atoms with Crippen molar-refractivity contribution in [3.05, 3.63) is 35.8 Å². The number of hydrogen-bond acceptors (Lipinski definition) is 5. The molecule has 1 N–H and O–H groups in total. The summed E-state index contributed by atoms with van der Waals surface area (Å²) in [6, 6.07) is 4.62. The molecule has 8 heteroatoms. The van der Waals surface area contributed by atoms with E-state index in [4.69, 9.17) is 9.29 Å². The van der Waals surface area contributed by atoms with Gasteiger partial charge in [0, 0.05) is 11.9 Å². The van der Waals surface area contributed by atoms with E-state index in [1.165, 1.54) is 16.9 Å². The van der Waals surface area contributed by atoms with Crippen LogP contribution < -0.4 is 0 Å². The second kappa shape index (κ2) is 5.93. The molecule has 0 amide bonds. The molecule has 2 aromatic rings. The maximum absolute atomic E-state index is 11.6. The van der Waals surface area contributed by atoms with E-state index in [9.17, 15) is 9.00 Å². The zero-order valence-electron chi connectivity index (χ0n) is 10.9. The Morgan fingerprint density at radius 3 is 2.80 bits per heavy atom. The van der Waals surface area contributed by atoms with Crippen molar-refractivity contribution in [2.24, 2.45) is 0 Å². The Balaban J connectivity index is 2.33. The number of nitrogens with zero attached hydrogens (tertiary/aromatic N) is 3. The minimum absolute atomic E-state index is 0.195. The van der Waals surface area contributed by atoms with Crippen LogP contribution in [0.5, 0.6) is 0 Å². The lowest BCUT2D eigenvalue weighted by atomic mass is 10.4. The van der Waals surface area contributed by atoms with Crippen LogP contribution in [0.2, 0.25) is 0 Å². The van der Waals surface area contributed by atoms with Crippen molar-refractivity contribution in [1.29, 1.82) is 0 Å². The van der Waals surface area contributed by atoms with E-state index >= 15 is 0 Å². The van der Waals surface area contributed by atoms with Crippen LogP contribution in [0.1, 0.15) is 23.1 Å². The van der Waals surface area contributed by atoms with Crippen molar-refractivity contribution in [1.82, 2.24) is 14.8 Å². The first-order valence-corrected chi connectivity index (χ1v) is 6.94. The van der Waals surface area contributed by atoms with Crippen LogP contribution in [-0.2, 0) is 15.8 Å². The van der Waals surface area contributed by atoms with Gasteiger partial charge in [0.1, 0.15) is 0 Å². The Morgan fingerprint density at radius 1 is 1.50 bits per heavy atom. The fourth-order valence-corrected chi connectivity index (χ4v) is 1.94. The fourth-order valence-electron chi connectivity index (χ4n) is 1.61. The molecule has 7 nitrogen and oxygen atoms in total. The summed E-state index contributed by atoms with van der Waals surface area (Å²) in [4.78, 5) is 15.8. The summed E-state index contributed by atoms with van der Waals surface area (Å²) in [6.07, 6.45) is 1.29. The summed E-state index contributed by atoms with van der Waals surface area (Å²) >= 11 is -2.07. The zero-order valence-corrected chi connectivity index (χ0v) is 11.8. The van der Waals surface area contributed by atoms with Crippen LogP contribution in [0, 0.1) is 6.92 Å². The molecule has 0 saturated carbocycles. The molecule has 20 heavy (non-hydrogen) atoms. The predicted molar refractivity (Wildman–Crippen MR) is 71.1 cm³/mol. The average Bonchev–Trinajstić information content (AvgIpc) is 2.81. The Labute approximate surface area is 117 Å². The van der Waals surface area contributed by atoms with E-state index in [1.807, 2.05) is 0 Å².